The minimum absolute atomic E-state index is 0.0882. The summed E-state index contributed by atoms with van der Waals surface area (Å²) >= 11 is 0. The first-order chi connectivity index (χ1) is 9.99. The molecule has 1 heterocycles. The van der Waals surface area contributed by atoms with Gasteiger partial charge in [0.1, 0.15) is 5.76 Å². The van der Waals surface area contributed by atoms with Crippen molar-refractivity contribution in [2.75, 3.05) is 33.4 Å². The molecule has 0 aliphatic rings. The molecule has 122 valence electrons. The smallest absolute Gasteiger partial charge is 0.274 e. The Morgan fingerprint density at radius 1 is 1.38 bits per heavy atom. The molecule has 0 saturated carbocycles. The van der Waals surface area contributed by atoms with Gasteiger partial charge in [-0.1, -0.05) is 0 Å². The van der Waals surface area contributed by atoms with Crippen molar-refractivity contribution < 1.29 is 22.3 Å². The zero-order valence-electron chi connectivity index (χ0n) is 12.7. The zero-order valence-corrected chi connectivity index (χ0v) is 13.5. The second-order valence-corrected chi connectivity index (χ2v) is 6.21. The van der Waals surface area contributed by atoms with Crippen LogP contribution in [0.2, 0.25) is 0 Å². The summed E-state index contributed by atoms with van der Waals surface area (Å²) in [5.74, 6) is 0.560. The number of nitrogens with one attached hydrogen (secondary N) is 2. The lowest BCUT2D eigenvalue weighted by atomic mass is 10.4. The summed E-state index contributed by atoms with van der Waals surface area (Å²) in [5, 5.41) is 2.99. The van der Waals surface area contributed by atoms with Crippen LogP contribution in [0.3, 0.4) is 0 Å². The third kappa shape index (κ3) is 6.58. The van der Waals surface area contributed by atoms with Crippen LogP contribution in [-0.2, 0) is 26.0 Å². The van der Waals surface area contributed by atoms with Crippen LogP contribution in [0.25, 0.3) is 0 Å². The van der Waals surface area contributed by atoms with Crippen LogP contribution in [0.15, 0.2) is 21.6 Å². The summed E-state index contributed by atoms with van der Waals surface area (Å²) in [5.41, 5.74) is 0. The fourth-order valence-electron chi connectivity index (χ4n) is 1.63. The SMILES string of the molecule is CCOC(C)CNS(=O)(=O)c1ccc(CNCCOC)o1. The third-order valence-electron chi connectivity index (χ3n) is 2.70. The number of ether oxygens (including phenoxy) is 2. The highest BCUT2D eigenvalue weighted by Gasteiger charge is 2.19. The molecule has 2 N–H and O–H groups in total. The van der Waals surface area contributed by atoms with Gasteiger partial charge in [-0.3, -0.25) is 0 Å². The Morgan fingerprint density at radius 3 is 2.81 bits per heavy atom. The average Bonchev–Trinajstić information content (AvgIpc) is 2.92. The summed E-state index contributed by atoms with van der Waals surface area (Å²) in [4.78, 5) is 0. The summed E-state index contributed by atoms with van der Waals surface area (Å²) in [7, 11) is -2.02. The topological polar surface area (TPSA) is 89.8 Å². The molecule has 0 fully saturated rings. The molecule has 0 aliphatic carbocycles. The second-order valence-electron chi connectivity index (χ2n) is 4.51. The van der Waals surface area contributed by atoms with Gasteiger partial charge in [-0.2, -0.15) is 0 Å². The summed E-state index contributed by atoms with van der Waals surface area (Å²) in [6.07, 6.45) is -0.185. The van der Waals surface area contributed by atoms with Crippen molar-refractivity contribution in [3.05, 3.63) is 17.9 Å². The van der Waals surface area contributed by atoms with E-state index in [1.807, 2.05) is 6.92 Å². The van der Waals surface area contributed by atoms with E-state index in [1.54, 1.807) is 20.1 Å². The molecule has 0 aromatic carbocycles. The fourth-order valence-corrected chi connectivity index (χ4v) is 2.69. The van der Waals surface area contributed by atoms with E-state index in [4.69, 9.17) is 13.9 Å². The lowest BCUT2D eigenvalue weighted by molar-refractivity contribution is 0.0799. The van der Waals surface area contributed by atoms with Gasteiger partial charge in [0.25, 0.3) is 10.0 Å². The number of rotatable bonds is 11. The van der Waals surface area contributed by atoms with Crippen LogP contribution in [-0.4, -0.2) is 47.9 Å². The van der Waals surface area contributed by atoms with Gasteiger partial charge in [-0.05, 0) is 26.0 Å². The minimum atomic E-state index is -3.64. The standard InChI is InChI=1S/C13H24N2O5S/c1-4-19-11(2)9-15-21(16,17)13-6-5-12(20-13)10-14-7-8-18-3/h5-6,11,14-15H,4,7-10H2,1-3H3. The van der Waals surface area contributed by atoms with E-state index in [-0.39, 0.29) is 17.7 Å². The third-order valence-corrected chi connectivity index (χ3v) is 3.99. The number of furan rings is 1. The Balaban J connectivity index is 2.49. The summed E-state index contributed by atoms with van der Waals surface area (Å²) in [6.45, 7) is 6.12. The van der Waals surface area contributed by atoms with Crippen LogP contribution in [0.5, 0.6) is 0 Å². The van der Waals surface area contributed by atoms with E-state index in [1.165, 1.54) is 6.07 Å². The lowest BCUT2D eigenvalue weighted by Crippen LogP contribution is -2.32. The molecule has 1 aromatic heterocycles. The fraction of sp³-hybridized carbons (Fsp3) is 0.692. The molecule has 21 heavy (non-hydrogen) atoms. The van der Waals surface area contributed by atoms with Crippen molar-refractivity contribution in [1.29, 1.82) is 0 Å². The average molecular weight is 320 g/mol. The monoisotopic (exact) mass is 320 g/mol. The molecule has 0 spiro atoms. The quantitative estimate of drug-likeness (QED) is 0.584. The van der Waals surface area contributed by atoms with E-state index >= 15 is 0 Å². The van der Waals surface area contributed by atoms with Crippen molar-refractivity contribution in [3.8, 4) is 0 Å². The highest BCUT2D eigenvalue weighted by Crippen LogP contribution is 2.13. The van der Waals surface area contributed by atoms with Crippen molar-refractivity contribution in [2.24, 2.45) is 0 Å². The van der Waals surface area contributed by atoms with E-state index in [2.05, 4.69) is 10.0 Å². The van der Waals surface area contributed by atoms with Crippen molar-refractivity contribution in [1.82, 2.24) is 10.0 Å². The maximum Gasteiger partial charge on any atom is 0.274 e. The van der Waals surface area contributed by atoms with Gasteiger partial charge in [-0.15, -0.1) is 0 Å². The molecule has 0 saturated heterocycles. The van der Waals surface area contributed by atoms with Gasteiger partial charge in [0.05, 0.1) is 19.3 Å². The predicted octanol–water partition coefficient (Wildman–Crippen LogP) is 0.719. The molecule has 0 radical (unpaired) electrons. The van der Waals surface area contributed by atoms with Crippen LogP contribution in [0.1, 0.15) is 19.6 Å². The Labute approximate surface area is 126 Å². The summed E-state index contributed by atoms with van der Waals surface area (Å²) in [6, 6.07) is 3.08. The lowest BCUT2D eigenvalue weighted by Gasteiger charge is -2.11. The predicted molar refractivity (Wildman–Crippen MR) is 78.6 cm³/mol. The van der Waals surface area contributed by atoms with Gasteiger partial charge in [0.2, 0.25) is 5.09 Å². The van der Waals surface area contributed by atoms with Gasteiger partial charge >= 0.3 is 0 Å². The molecule has 1 unspecified atom stereocenters. The molecule has 0 bridgehead atoms. The maximum atomic E-state index is 12.0. The number of sulfonamides is 1. The molecule has 1 rings (SSSR count). The van der Waals surface area contributed by atoms with Crippen LogP contribution >= 0.6 is 0 Å². The number of hydrogen-bond acceptors (Lipinski definition) is 6. The maximum absolute atomic E-state index is 12.0. The van der Waals surface area contributed by atoms with Crippen molar-refractivity contribution in [3.63, 3.8) is 0 Å². The Hall–Kier alpha value is -0.930. The first kappa shape index (κ1) is 18.1. The molecule has 8 heteroatoms. The van der Waals surface area contributed by atoms with E-state index in [0.717, 1.165) is 0 Å². The molecule has 1 aromatic rings. The van der Waals surface area contributed by atoms with Crippen molar-refractivity contribution >= 4 is 10.0 Å². The van der Waals surface area contributed by atoms with Crippen LogP contribution in [0, 0.1) is 0 Å². The van der Waals surface area contributed by atoms with Crippen LogP contribution in [0.4, 0.5) is 0 Å². The highest BCUT2D eigenvalue weighted by atomic mass is 32.2. The first-order valence-electron chi connectivity index (χ1n) is 6.89. The zero-order chi connectivity index (χ0) is 15.7. The molecule has 0 amide bonds. The minimum Gasteiger partial charge on any atom is -0.447 e. The molecular weight excluding hydrogens is 296 g/mol. The number of hydrogen-bond donors (Lipinski definition) is 2. The summed E-state index contributed by atoms with van der Waals surface area (Å²) < 4.78 is 42.0. The highest BCUT2D eigenvalue weighted by molar-refractivity contribution is 7.89. The van der Waals surface area contributed by atoms with Crippen LogP contribution < -0.4 is 10.0 Å². The van der Waals surface area contributed by atoms with E-state index in [9.17, 15) is 8.42 Å². The Bertz CT molecular complexity index is 500. The Kier molecular flexibility index (Phi) is 7.91. The van der Waals surface area contributed by atoms with Gasteiger partial charge in [0.15, 0.2) is 0 Å². The Morgan fingerprint density at radius 2 is 2.14 bits per heavy atom. The van der Waals surface area contributed by atoms with Gasteiger partial charge in [0, 0.05) is 26.8 Å². The molecule has 1 atom stereocenters. The first-order valence-corrected chi connectivity index (χ1v) is 8.37. The van der Waals surface area contributed by atoms with Gasteiger partial charge < -0.3 is 19.2 Å². The molecular formula is C13H24N2O5S. The second kappa shape index (κ2) is 9.16. The normalized spacial score (nSPS) is 13.5. The van der Waals surface area contributed by atoms with E-state index in [0.29, 0.717) is 32.1 Å². The molecule has 0 aliphatic heterocycles. The van der Waals surface area contributed by atoms with Gasteiger partial charge in [-0.25, -0.2) is 13.1 Å². The molecule has 7 nitrogen and oxygen atoms in total. The largest absolute Gasteiger partial charge is 0.447 e. The van der Waals surface area contributed by atoms with E-state index < -0.39 is 10.0 Å². The van der Waals surface area contributed by atoms with Crippen molar-refractivity contribution in [2.45, 2.75) is 31.6 Å². The number of methoxy groups -OCH3 is 1.